The number of carbonyl (C=O) groups is 2. The van der Waals surface area contributed by atoms with Crippen LogP contribution in [0.4, 0.5) is 0 Å². The first-order valence-corrected chi connectivity index (χ1v) is 9.43. The van der Waals surface area contributed by atoms with Crippen LogP contribution in [0.3, 0.4) is 0 Å². The van der Waals surface area contributed by atoms with Crippen molar-refractivity contribution < 1.29 is 23.8 Å². The summed E-state index contributed by atoms with van der Waals surface area (Å²) in [4.78, 5) is 24.5. The van der Waals surface area contributed by atoms with E-state index in [-0.39, 0.29) is 19.0 Å². The monoisotopic (exact) mass is 404 g/mol. The van der Waals surface area contributed by atoms with E-state index in [1.807, 2.05) is 54.6 Å². The minimum Gasteiger partial charge on any atom is -0.483 e. The molecule has 152 valence electrons. The van der Waals surface area contributed by atoms with Crippen LogP contribution in [0.2, 0.25) is 0 Å². The van der Waals surface area contributed by atoms with Gasteiger partial charge in [0.1, 0.15) is 5.75 Å². The van der Waals surface area contributed by atoms with Gasteiger partial charge in [0.05, 0.1) is 5.56 Å². The predicted octanol–water partition coefficient (Wildman–Crippen LogP) is 2.85. The maximum Gasteiger partial charge on any atom is 0.276 e. The molecule has 1 aliphatic rings. The molecule has 4 rings (SSSR count). The summed E-state index contributed by atoms with van der Waals surface area (Å²) in [6, 6.07) is 22.5. The lowest BCUT2D eigenvalue weighted by atomic mass is 10.0. The molecule has 0 atom stereocenters. The highest BCUT2D eigenvalue weighted by Crippen LogP contribution is 2.35. The zero-order valence-corrected chi connectivity index (χ0v) is 16.1. The Hall–Kier alpha value is -4.00. The van der Waals surface area contributed by atoms with E-state index in [2.05, 4.69) is 10.9 Å². The Labute approximate surface area is 173 Å². The van der Waals surface area contributed by atoms with E-state index in [0.29, 0.717) is 23.7 Å². The molecule has 0 spiro atoms. The van der Waals surface area contributed by atoms with Crippen molar-refractivity contribution in [1.29, 1.82) is 0 Å². The predicted molar refractivity (Wildman–Crippen MR) is 109 cm³/mol. The van der Waals surface area contributed by atoms with Crippen LogP contribution in [0.5, 0.6) is 17.2 Å². The Morgan fingerprint density at radius 2 is 1.67 bits per heavy atom. The van der Waals surface area contributed by atoms with Gasteiger partial charge in [0.15, 0.2) is 18.1 Å². The molecule has 3 aromatic rings. The van der Waals surface area contributed by atoms with Crippen molar-refractivity contribution >= 4 is 11.8 Å². The Kier molecular flexibility index (Phi) is 5.80. The van der Waals surface area contributed by atoms with E-state index in [1.165, 1.54) is 0 Å². The van der Waals surface area contributed by atoms with E-state index in [4.69, 9.17) is 14.2 Å². The van der Waals surface area contributed by atoms with Crippen molar-refractivity contribution in [2.24, 2.45) is 0 Å². The van der Waals surface area contributed by atoms with Crippen LogP contribution >= 0.6 is 0 Å². The lowest BCUT2D eigenvalue weighted by Gasteiger charge is -2.12. The van der Waals surface area contributed by atoms with E-state index in [9.17, 15) is 9.59 Å². The largest absolute Gasteiger partial charge is 0.483 e. The number of hydrazine groups is 1. The maximum absolute atomic E-state index is 12.3. The molecule has 1 heterocycles. The molecule has 0 fully saturated rings. The summed E-state index contributed by atoms with van der Waals surface area (Å²) >= 11 is 0. The number of benzene rings is 3. The van der Waals surface area contributed by atoms with Crippen molar-refractivity contribution in [2.75, 3.05) is 13.4 Å². The molecule has 3 aromatic carbocycles. The van der Waals surface area contributed by atoms with Crippen LogP contribution in [-0.4, -0.2) is 25.2 Å². The fraction of sp³-hybridized carbons (Fsp3) is 0.130. The van der Waals surface area contributed by atoms with Crippen molar-refractivity contribution in [3.05, 3.63) is 89.5 Å². The van der Waals surface area contributed by atoms with Gasteiger partial charge in [-0.05, 0) is 29.3 Å². The Bertz CT molecular complexity index is 1050. The first-order valence-electron chi connectivity index (χ1n) is 9.43. The van der Waals surface area contributed by atoms with Crippen molar-refractivity contribution in [2.45, 2.75) is 6.42 Å². The second-order valence-electron chi connectivity index (χ2n) is 6.60. The summed E-state index contributed by atoms with van der Waals surface area (Å²) < 4.78 is 16.2. The Morgan fingerprint density at radius 3 is 2.53 bits per heavy atom. The van der Waals surface area contributed by atoms with E-state index >= 15 is 0 Å². The smallest absolute Gasteiger partial charge is 0.276 e. The molecule has 0 aromatic heterocycles. The number of hydrogen-bond donors (Lipinski definition) is 2. The van der Waals surface area contributed by atoms with E-state index < -0.39 is 11.8 Å². The van der Waals surface area contributed by atoms with Crippen LogP contribution in [0.15, 0.2) is 72.8 Å². The molecule has 7 nitrogen and oxygen atoms in total. The molecule has 0 bridgehead atoms. The summed E-state index contributed by atoms with van der Waals surface area (Å²) in [6.45, 7) is -0.180. The van der Waals surface area contributed by atoms with Crippen LogP contribution < -0.4 is 25.1 Å². The van der Waals surface area contributed by atoms with Crippen molar-refractivity contribution in [3.63, 3.8) is 0 Å². The number of hydrogen-bond acceptors (Lipinski definition) is 5. The molecule has 0 saturated carbocycles. The maximum atomic E-state index is 12.3. The van der Waals surface area contributed by atoms with Gasteiger partial charge in [0.25, 0.3) is 11.8 Å². The number of fused-ring (bicyclic) bond motifs is 1. The van der Waals surface area contributed by atoms with Gasteiger partial charge in [-0.1, -0.05) is 54.6 Å². The Balaban J connectivity index is 1.31. The highest BCUT2D eigenvalue weighted by molar-refractivity contribution is 5.98. The highest BCUT2D eigenvalue weighted by Gasteiger charge is 2.22. The highest BCUT2D eigenvalue weighted by atomic mass is 16.7. The number of carbonyl (C=O) groups excluding carboxylic acids is 2. The molecule has 0 aliphatic carbocycles. The van der Waals surface area contributed by atoms with Crippen LogP contribution in [0, 0.1) is 0 Å². The number of amides is 2. The molecule has 1 aliphatic heterocycles. The minimum atomic E-state index is -0.504. The third kappa shape index (κ3) is 4.52. The van der Waals surface area contributed by atoms with Gasteiger partial charge in [0, 0.05) is 6.42 Å². The topological polar surface area (TPSA) is 85.9 Å². The summed E-state index contributed by atoms with van der Waals surface area (Å²) in [5, 5.41) is 0. The quantitative estimate of drug-likeness (QED) is 0.617. The van der Waals surface area contributed by atoms with Crippen LogP contribution in [0.1, 0.15) is 21.5 Å². The summed E-state index contributed by atoms with van der Waals surface area (Å²) in [5.41, 5.74) is 7.11. The molecule has 0 unspecified atom stereocenters. The van der Waals surface area contributed by atoms with Crippen LogP contribution in [0.25, 0.3) is 0 Å². The second kappa shape index (κ2) is 9.00. The molecule has 30 heavy (non-hydrogen) atoms. The van der Waals surface area contributed by atoms with Crippen molar-refractivity contribution in [1.82, 2.24) is 10.9 Å². The lowest BCUT2D eigenvalue weighted by Crippen LogP contribution is -2.43. The van der Waals surface area contributed by atoms with Gasteiger partial charge in [-0.25, -0.2) is 0 Å². The second-order valence-corrected chi connectivity index (χ2v) is 6.60. The zero-order valence-electron chi connectivity index (χ0n) is 16.1. The van der Waals surface area contributed by atoms with Crippen molar-refractivity contribution in [3.8, 4) is 17.2 Å². The van der Waals surface area contributed by atoms with Gasteiger partial charge in [0.2, 0.25) is 6.79 Å². The molecular formula is C23H20N2O5. The summed E-state index contributed by atoms with van der Waals surface area (Å²) in [5.74, 6) is 0.481. The average Bonchev–Trinajstić information content (AvgIpc) is 3.26. The third-order valence-corrected chi connectivity index (χ3v) is 4.53. The number of nitrogens with one attached hydrogen (secondary N) is 2. The standard InChI is InChI=1S/C23H20N2O5/c26-21(24-25-23(27)18-10-6-12-20-22(18)30-15-29-20)14-28-19-11-5-4-9-17(19)13-16-7-2-1-3-8-16/h1-12H,13-15H2,(H,24,26)(H,25,27). The third-order valence-electron chi connectivity index (χ3n) is 4.53. The molecule has 7 heteroatoms. The van der Waals surface area contributed by atoms with Gasteiger partial charge < -0.3 is 14.2 Å². The SMILES string of the molecule is O=C(COc1ccccc1Cc1ccccc1)NNC(=O)c1cccc2c1OCO2. The average molecular weight is 404 g/mol. The normalized spacial score (nSPS) is 11.6. The number of rotatable bonds is 6. The molecule has 0 saturated heterocycles. The molecular weight excluding hydrogens is 384 g/mol. The first kappa shape index (κ1) is 19.3. The van der Waals surface area contributed by atoms with Gasteiger partial charge >= 0.3 is 0 Å². The molecule has 0 radical (unpaired) electrons. The van der Waals surface area contributed by atoms with E-state index in [1.54, 1.807) is 18.2 Å². The number of para-hydroxylation sites is 2. The summed E-state index contributed by atoms with van der Waals surface area (Å²) in [6.07, 6.45) is 0.691. The lowest BCUT2D eigenvalue weighted by molar-refractivity contribution is -0.123. The fourth-order valence-corrected chi connectivity index (χ4v) is 3.09. The zero-order chi connectivity index (χ0) is 20.8. The Morgan fingerprint density at radius 1 is 0.867 bits per heavy atom. The minimum absolute atomic E-state index is 0.0578. The first-order chi connectivity index (χ1) is 14.7. The number of ether oxygens (including phenoxy) is 3. The van der Waals surface area contributed by atoms with Crippen LogP contribution in [-0.2, 0) is 11.2 Å². The van der Waals surface area contributed by atoms with Gasteiger partial charge in [-0.3, -0.25) is 20.4 Å². The van der Waals surface area contributed by atoms with Gasteiger partial charge in [-0.15, -0.1) is 0 Å². The molecule has 2 amide bonds. The summed E-state index contributed by atoms with van der Waals surface area (Å²) in [7, 11) is 0. The fourth-order valence-electron chi connectivity index (χ4n) is 3.09. The van der Waals surface area contributed by atoms with E-state index in [0.717, 1.165) is 11.1 Å². The van der Waals surface area contributed by atoms with Gasteiger partial charge in [-0.2, -0.15) is 0 Å². The molecule has 2 N–H and O–H groups in total.